The van der Waals surface area contributed by atoms with Gasteiger partial charge in [-0.2, -0.15) is 0 Å². The summed E-state index contributed by atoms with van der Waals surface area (Å²) in [5, 5.41) is 1.36. The fraction of sp³-hybridized carbons (Fsp3) is 0.355. The van der Waals surface area contributed by atoms with E-state index in [1.165, 1.54) is 6.20 Å². The molecular weight excluding hydrogens is 528 g/mol. The van der Waals surface area contributed by atoms with E-state index < -0.39 is 22.9 Å². The molecule has 1 N–H and O–H groups in total. The molecule has 2 aliphatic heterocycles. The van der Waals surface area contributed by atoms with E-state index in [-0.39, 0.29) is 11.1 Å². The Morgan fingerprint density at radius 3 is 2.58 bits per heavy atom. The zero-order valence-corrected chi connectivity index (χ0v) is 23.8. The summed E-state index contributed by atoms with van der Waals surface area (Å²) in [5.41, 5.74) is 4.47. The van der Waals surface area contributed by atoms with Crippen LogP contribution < -0.4 is 14.8 Å². The molecule has 0 radical (unpaired) electrons. The molecule has 1 saturated heterocycles. The largest absolute Gasteiger partial charge is 0.487 e. The van der Waals surface area contributed by atoms with Crippen molar-refractivity contribution in [2.24, 2.45) is 0 Å². The number of hydrogen-bond acceptors (Lipinski definition) is 8. The second kappa shape index (κ2) is 11.4. The van der Waals surface area contributed by atoms with Crippen LogP contribution in [0.4, 0.5) is 4.79 Å². The van der Waals surface area contributed by atoms with Crippen molar-refractivity contribution in [3.8, 4) is 11.5 Å². The number of hydrogen-bond donors (Lipinski definition) is 1. The van der Waals surface area contributed by atoms with Gasteiger partial charge in [0.15, 0.2) is 0 Å². The lowest BCUT2D eigenvalue weighted by molar-refractivity contribution is -0.121. The molecule has 5 rings (SSSR count). The van der Waals surface area contributed by atoms with E-state index in [4.69, 9.17) is 14.2 Å². The number of nitrogens with zero attached hydrogens (tertiary/aromatic N) is 1. The van der Waals surface area contributed by atoms with Gasteiger partial charge in [0.1, 0.15) is 28.5 Å². The summed E-state index contributed by atoms with van der Waals surface area (Å²) in [6.07, 6.45) is 4.65. The second-order valence-electron chi connectivity index (χ2n) is 10.5. The van der Waals surface area contributed by atoms with Gasteiger partial charge in [-0.25, -0.2) is 4.79 Å². The van der Waals surface area contributed by atoms with E-state index in [1.807, 2.05) is 51.1 Å². The third kappa shape index (κ3) is 5.62. The molecular formula is C31H32N2O6S. The molecule has 2 aliphatic rings. The average molecular weight is 561 g/mol. The monoisotopic (exact) mass is 560 g/mol. The first kappa shape index (κ1) is 27.9. The molecule has 0 aliphatic carbocycles. The normalized spacial score (nSPS) is 20.9. The van der Waals surface area contributed by atoms with Crippen LogP contribution in [0, 0.1) is 20.8 Å². The van der Waals surface area contributed by atoms with Crippen LogP contribution in [0.25, 0.3) is 0 Å². The summed E-state index contributed by atoms with van der Waals surface area (Å²) >= 11 is 0.966. The molecule has 40 heavy (non-hydrogen) atoms. The Morgan fingerprint density at radius 2 is 1.90 bits per heavy atom. The number of carbonyl (C=O) groups is 3. The molecule has 208 valence electrons. The van der Waals surface area contributed by atoms with E-state index >= 15 is 0 Å². The van der Waals surface area contributed by atoms with Crippen LogP contribution in [0.1, 0.15) is 64.0 Å². The van der Waals surface area contributed by atoms with E-state index in [0.717, 1.165) is 58.2 Å². The number of amides is 2. The van der Waals surface area contributed by atoms with Crippen LogP contribution in [0.5, 0.6) is 11.5 Å². The first-order valence-corrected chi connectivity index (χ1v) is 14.2. The van der Waals surface area contributed by atoms with Crippen molar-refractivity contribution >= 4 is 28.9 Å². The van der Waals surface area contributed by atoms with Gasteiger partial charge in [-0.1, -0.05) is 30.3 Å². The van der Waals surface area contributed by atoms with Crippen molar-refractivity contribution in [3.63, 3.8) is 0 Å². The maximum absolute atomic E-state index is 12.8. The highest BCUT2D eigenvalue weighted by atomic mass is 32.2. The van der Waals surface area contributed by atoms with Crippen LogP contribution >= 0.6 is 11.8 Å². The molecule has 0 saturated carbocycles. The van der Waals surface area contributed by atoms with Crippen LogP contribution in [0.2, 0.25) is 0 Å². The van der Waals surface area contributed by atoms with Crippen molar-refractivity contribution < 1.29 is 28.6 Å². The van der Waals surface area contributed by atoms with Crippen LogP contribution in [0.3, 0.4) is 0 Å². The number of imide groups is 1. The number of benzene rings is 2. The van der Waals surface area contributed by atoms with E-state index in [1.54, 1.807) is 18.3 Å². The van der Waals surface area contributed by atoms with Gasteiger partial charge in [0.05, 0.1) is 12.2 Å². The van der Waals surface area contributed by atoms with Gasteiger partial charge in [-0.3, -0.25) is 19.9 Å². The van der Waals surface area contributed by atoms with Gasteiger partial charge in [-0.05, 0) is 86.7 Å². The van der Waals surface area contributed by atoms with Gasteiger partial charge < -0.3 is 14.2 Å². The van der Waals surface area contributed by atoms with Crippen LogP contribution in [0.15, 0.2) is 54.9 Å². The molecule has 2 aromatic carbocycles. The number of carbonyl (C=O) groups excluding carboxylic acids is 3. The zero-order chi connectivity index (χ0) is 28.4. The first-order chi connectivity index (χ1) is 19.2. The minimum Gasteiger partial charge on any atom is -0.487 e. The minimum atomic E-state index is -0.643. The van der Waals surface area contributed by atoms with Crippen molar-refractivity contribution in [1.82, 2.24) is 10.3 Å². The van der Waals surface area contributed by atoms with Gasteiger partial charge in [0.2, 0.25) is 5.91 Å². The summed E-state index contributed by atoms with van der Waals surface area (Å²) in [6.45, 7) is 8.29. The number of nitrogens with one attached hydrogen (secondary N) is 1. The molecule has 1 aromatic heterocycles. The molecule has 3 unspecified atom stereocenters. The lowest BCUT2D eigenvalue weighted by atomic mass is 9.85. The Bertz CT molecular complexity index is 1450. The molecule has 3 heterocycles. The number of rotatable bonds is 8. The predicted molar refractivity (Wildman–Crippen MR) is 152 cm³/mol. The summed E-state index contributed by atoms with van der Waals surface area (Å²) in [5.74, 6) is 0.606. The van der Waals surface area contributed by atoms with Crippen molar-refractivity contribution in [1.29, 1.82) is 0 Å². The van der Waals surface area contributed by atoms with E-state index in [9.17, 15) is 14.4 Å². The molecule has 0 spiro atoms. The standard InChI is InChI=1S/C31H32N2O6S/c1-18-19(2)25-23(20(3)24(18)38-29(35)22-11-8-15-32-17-22)12-13-31(4,39-25)14-16-37-26(21-9-6-5-7-10-21)27-28(34)33-30(36)40-27/h5-11,15,17,26-27H,12-14,16H2,1-4H3,(H,33,34,36). The maximum atomic E-state index is 12.8. The molecule has 8 nitrogen and oxygen atoms in total. The Balaban J connectivity index is 1.31. The summed E-state index contributed by atoms with van der Waals surface area (Å²) in [4.78, 5) is 41.1. The predicted octanol–water partition coefficient (Wildman–Crippen LogP) is 5.81. The molecule has 3 atom stereocenters. The Morgan fingerprint density at radius 1 is 1.12 bits per heavy atom. The molecule has 2 amide bonds. The number of aromatic nitrogens is 1. The average Bonchev–Trinajstić information content (AvgIpc) is 3.30. The lowest BCUT2D eigenvalue weighted by Gasteiger charge is -2.38. The molecule has 1 fully saturated rings. The fourth-order valence-electron chi connectivity index (χ4n) is 5.22. The Labute approximate surface area is 237 Å². The topological polar surface area (TPSA) is 104 Å². The maximum Gasteiger partial charge on any atom is 0.345 e. The molecule has 0 bridgehead atoms. The van der Waals surface area contributed by atoms with Crippen molar-refractivity contribution in [3.05, 3.63) is 88.2 Å². The van der Waals surface area contributed by atoms with Gasteiger partial charge in [0.25, 0.3) is 5.24 Å². The first-order valence-electron chi connectivity index (χ1n) is 13.3. The summed E-state index contributed by atoms with van der Waals surface area (Å²) in [7, 11) is 0. The summed E-state index contributed by atoms with van der Waals surface area (Å²) in [6, 6.07) is 12.9. The Hall–Kier alpha value is -3.69. The highest BCUT2D eigenvalue weighted by molar-refractivity contribution is 8.15. The van der Waals surface area contributed by atoms with Gasteiger partial charge in [-0.15, -0.1) is 0 Å². The van der Waals surface area contributed by atoms with Crippen molar-refractivity contribution in [2.45, 2.75) is 63.9 Å². The smallest absolute Gasteiger partial charge is 0.345 e. The van der Waals surface area contributed by atoms with Gasteiger partial charge in [0, 0.05) is 24.4 Å². The van der Waals surface area contributed by atoms with Gasteiger partial charge >= 0.3 is 5.97 Å². The molecule has 9 heteroatoms. The zero-order valence-electron chi connectivity index (χ0n) is 23.0. The molecule has 3 aromatic rings. The lowest BCUT2D eigenvalue weighted by Crippen LogP contribution is -2.39. The number of ether oxygens (including phenoxy) is 3. The van der Waals surface area contributed by atoms with Crippen LogP contribution in [-0.4, -0.2) is 39.6 Å². The van der Waals surface area contributed by atoms with E-state index in [2.05, 4.69) is 17.2 Å². The highest BCUT2D eigenvalue weighted by Gasteiger charge is 2.40. The highest BCUT2D eigenvalue weighted by Crippen LogP contribution is 2.45. The summed E-state index contributed by atoms with van der Waals surface area (Å²) < 4.78 is 18.8. The third-order valence-electron chi connectivity index (χ3n) is 7.70. The number of thioether (sulfide) groups is 1. The third-order valence-corrected chi connectivity index (χ3v) is 8.74. The number of pyridine rings is 1. The number of esters is 1. The number of fused-ring (bicyclic) bond motifs is 1. The van der Waals surface area contributed by atoms with Crippen LogP contribution in [-0.2, 0) is 16.0 Å². The van der Waals surface area contributed by atoms with E-state index in [0.29, 0.717) is 24.3 Å². The fourth-order valence-corrected chi connectivity index (χ4v) is 6.13. The second-order valence-corrected chi connectivity index (χ2v) is 11.6. The minimum absolute atomic E-state index is 0.334. The SMILES string of the molecule is Cc1c(C)c2c(c(C)c1OC(=O)c1cccnc1)CCC(C)(CCOC(c1ccccc1)C1SC(=O)NC1=O)O2. The Kier molecular flexibility index (Phi) is 7.96. The van der Waals surface area contributed by atoms with Crippen molar-refractivity contribution in [2.75, 3.05) is 6.61 Å². The quantitative estimate of drug-likeness (QED) is 0.272.